The van der Waals surface area contributed by atoms with Crippen LogP contribution < -0.4 is 14.4 Å². The lowest BCUT2D eigenvalue weighted by molar-refractivity contribution is 0.231. The van der Waals surface area contributed by atoms with Gasteiger partial charge in [0.05, 0.1) is 32.0 Å². The molecule has 0 radical (unpaired) electrons. The molecule has 1 atom stereocenters. The van der Waals surface area contributed by atoms with E-state index in [-0.39, 0.29) is 6.04 Å². The number of ether oxygens (including phenoxy) is 2. The molecule has 0 aromatic heterocycles. The van der Waals surface area contributed by atoms with Gasteiger partial charge in [0.25, 0.3) is 0 Å². The summed E-state index contributed by atoms with van der Waals surface area (Å²) < 4.78 is 10.7. The van der Waals surface area contributed by atoms with Crippen molar-refractivity contribution in [1.29, 1.82) is 5.26 Å². The van der Waals surface area contributed by atoms with Gasteiger partial charge in [-0.25, -0.2) is 0 Å². The van der Waals surface area contributed by atoms with Gasteiger partial charge in [-0.15, -0.1) is 0 Å². The predicted molar refractivity (Wildman–Crippen MR) is 78.4 cm³/mol. The smallest absolute Gasteiger partial charge is 0.145 e. The highest BCUT2D eigenvalue weighted by atomic mass is 16.5. The second-order valence-electron chi connectivity index (χ2n) is 4.87. The lowest BCUT2D eigenvalue weighted by Gasteiger charge is -2.37. The van der Waals surface area contributed by atoms with Crippen molar-refractivity contribution in [3.63, 3.8) is 0 Å². The topological polar surface area (TPSA) is 48.7 Å². The minimum absolute atomic E-state index is 0.0186. The van der Waals surface area contributed by atoms with Gasteiger partial charge < -0.3 is 14.4 Å². The van der Waals surface area contributed by atoms with E-state index in [1.165, 1.54) is 0 Å². The molecule has 1 unspecified atom stereocenters. The summed E-state index contributed by atoms with van der Waals surface area (Å²) in [7, 11) is 3.32. The monoisotopic (exact) mass is 275 g/mol. The summed E-state index contributed by atoms with van der Waals surface area (Å²) in [5, 5.41) is 8.97. The largest absolute Gasteiger partial charge is 0.497 e. The highest BCUT2D eigenvalue weighted by Gasteiger charge is 2.22. The summed E-state index contributed by atoms with van der Waals surface area (Å²) in [6, 6.07) is 8.15. The molecule has 2 rings (SSSR count). The average molecular weight is 275 g/mol. The van der Waals surface area contributed by atoms with E-state index in [2.05, 4.69) is 15.9 Å². The highest BCUT2D eigenvalue weighted by molar-refractivity contribution is 5.61. The highest BCUT2D eigenvalue weighted by Crippen LogP contribution is 2.32. The predicted octanol–water partition coefficient (Wildman–Crippen LogP) is 1.74. The van der Waals surface area contributed by atoms with E-state index in [1.807, 2.05) is 25.1 Å². The molecule has 1 heterocycles. The number of rotatable bonds is 4. The summed E-state index contributed by atoms with van der Waals surface area (Å²) in [5.41, 5.74) is 1.08. The average Bonchev–Trinajstić information content (AvgIpc) is 2.53. The Balaban J connectivity index is 2.09. The molecule has 20 heavy (non-hydrogen) atoms. The van der Waals surface area contributed by atoms with Crippen molar-refractivity contribution in [2.75, 3.05) is 45.3 Å². The summed E-state index contributed by atoms with van der Waals surface area (Å²) in [4.78, 5) is 4.49. The Morgan fingerprint density at radius 3 is 2.40 bits per heavy atom. The minimum atomic E-state index is -0.0186. The second-order valence-corrected chi connectivity index (χ2v) is 4.87. The van der Waals surface area contributed by atoms with Crippen molar-refractivity contribution >= 4 is 5.69 Å². The third-order valence-electron chi connectivity index (χ3n) is 3.78. The van der Waals surface area contributed by atoms with E-state index >= 15 is 0 Å². The number of hydrogen-bond acceptors (Lipinski definition) is 5. The molecule has 1 aliphatic heterocycles. The van der Waals surface area contributed by atoms with Gasteiger partial charge >= 0.3 is 0 Å². The molecule has 1 aromatic rings. The van der Waals surface area contributed by atoms with Crippen LogP contribution in [0.1, 0.15) is 6.92 Å². The van der Waals surface area contributed by atoms with Crippen molar-refractivity contribution in [1.82, 2.24) is 4.90 Å². The first-order chi connectivity index (χ1) is 9.69. The summed E-state index contributed by atoms with van der Waals surface area (Å²) >= 11 is 0. The van der Waals surface area contributed by atoms with Gasteiger partial charge in [-0.05, 0) is 19.1 Å². The quantitative estimate of drug-likeness (QED) is 0.837. The Kier molecular flexibility index (Phi) is 4.70. The Bertz CT molecular complexity index is 490. The Morgan fingerprint density at radius 2 is 1.85 bits per heavy atom. The molecular weight excluding hydrogens is 254 g/mol. The third kappa shape index (κ3) is 2.97. The van der Waals surface area contributed by atoms with Crippen LogP contribution in [0.5, 0.6) is 11.5 Å². The van der Waals surface area contributed by atoms with Crippen molar-refractivity contribution in [3.8, 4) is 17.6 Å². The Morgan fingerprint density at radius 1 is 1.15 bits per heavy atom. The van der Waals surface area contributed by atoms with E-state index in [0.29, 0.717) is 0 Å². The molecule has 1 aromatic carbocycles. The maximum absolute atomic E-state index is 8.97. The molecule has 108 valence electrons. The maximum Gasteiger partial charge on any atom is 0.145 e. The number of methoxy groups -OCH3 is 2. The first-order valence-corrected chi connectivity index (χ1v) is 6.80. The fourth-order valence-corrected chi connectivity index (χ4v) is 2.48. The van der Waals surface area contributed by atoms with Crippen molar-refractivity contribution in [2.45, 2.75) is 13.0 Å². The Hall–Kier alpha value is -1.93. The number of nitrogens with zero attached hydrogens (tertiary/aromatic N) is 3. The van der Waals surface area contributed by atoms with Gasteiger partial charge in [0.15, 0.2) is 0 Å². The second kappa shape index (κ2) is 6.49. The number of nitriles is 1. The van der Waals surface area contributed by atoms with Crippen LogP contribution in [-0.4, -0.2) is 51.3 Å². The van der Waals surface area contributed by atoms with Gasteiger partial charge in [0, 0.05) is 32.2 Å². The first kappa shape index (κ1) is 14.5. The minimum Gasteiger partial charge on any atom is -0.497 e. The SMILES string of the molecule is COc1ccc(N2CCN(C(C)C#N)CC2)c(OC)c1. The molecule has 0 N–H and O–H groups in total. The lowest BCUT2D eigenvalue weighted by atomic mass is 10.2. The molecule has 0 saturated carbocycles. The molecule has 1 aliphatic rings. The van der Waals surface area contributed by atoms with Crippen molar-refractivity contribution in [3.05, 3.63) is 18.2 Å². The van der Waals surface area contributed by atoms with Crippen LogP contribution in [0, 0.1) is 11.3 Å². The molecule has 1 saturated heterocycles. The van der Waals surface area contributed by atoms with Crippen molar-refractivity contribution < 1.29 is 9.47 Å². The summed E-state index contributed by atoms with van der Waals surface area (Å²) in [6.07, 6.45) is 0. The fourth-order valence-electron chi connectivity index (χ4n) is 2.48. The van der Waals surface area contributed by atoms with Crippen LogP contribution in [0.3, 0.4) is 0 Å². The number of anilines is 1. The molecule has 0 aliphatic carbocycles. The van der Waals surface area contributed by atoms with Crippen LogP contribution in [0.4, 0.5) is 5.69 Å². The normalized spacial score (nSPS) is 17.4. The summed E-state index contributed by atoms with van der Waals surface area (Å²) in [5.74, 6) is 1.62. The molecule has 5 nitrogen and oxygen atoms in total. The molecule has 5 heteroatoms. The number of hydrogen-bond donors (Lipinski definition) is 0. The lowest BCUT2D eigenvalue weighted by Crippen LogP contribution is -2.49. The van der Waals surface area contributed by atoms with Crippen LogP contribution in [0.15, 0.2) is 18.2 Å². The van der Waals surface area contributed by atoms with E-state index in [9.17, 15) is 0 Å². The summed E-state index contributed by atoms with van der Waals surface area (Å²) in [6.45, 7) is 5.53. The maximum atomic E-state index is 8.97. The van der Waals surface area contributed by atoms with E-state index in [1.54, 1.807) is 14.2 Å². The molecule has 0 bridgehead atoms. The van der Waals surface area contributed by atoms with Crippen LogP contribution in [0.25, 0.3) is 0 Å². The zero-order valence-corrected chi connectivity index (χ0v) is 12.3. The fraction of sp³-hybridized carbons (Fsp3) is 0.533. The standard InChI is InChI=1S/C15H21N3O2/c1-12(11-16)17-6-8-18(9-7-17)14-5-4-13(19-2)10-15(14)20-3/h4-5,10,12H,6-9H2,1-3H3. The van der Waals surface area contributed by atoms with Gasteiger partial charge in [-0.1, -0.05) is 0 Å². The number of benzene rings is 1. The van der Waals surface area contributed by atoms with E-state index < -0.39 is 0 Å². The Labute approximate surface area is 120 Å². The van der Waals surface area contributed by atoms with Crippen LogP contribution >= 0.6 is 0 Å². The van der Waals surface area contributed by atoms with E-state index in [0.717, 1.165) is 43.4 Å². The van der Waals surface area contributed by atoms with Crippen LogP contribution in [-0.2, 0) is 0 Å². The van der Waals surface area contributed by atoms with Gasteiger partial charge in [0.1, 0.15) is 11.5 Å². The molecule has 0 amide bonds. The van der Waals surface area contributed by atoms with E-state index in [4.69, 9.17) is 14.7 Å². The van der Waals surface area contributed by atoms with Gasteiger partial charge in [-0.2, -0.15) is 5.26 Å². The zero-order valence-electron chi connectivity index (χ0n) is 12.3. The first-order valence-electron chi connectivity index (χ1n) is 6.80. The zero-order chi connectivity index (χ0) is 14.5. The number of piperazine rings is 1. The van der Waals surface area contributed by atoms with Crippen LogP contribution in [0.2, 0.25) is 0 Å². The van der Waals surface area contributed by atoms with Gasteiger partial charge in [0.2, 0.25) is 0 Å². The molecular formula is C15H21N3O2. The van der Waals surface area contributed by atoms with Gasteiger partial charge in [-0.3, -0.25) is 4.90 Å². The molecule has 0 spiro atoms. The third-order valence-corrected chi connectivity index (χ3v) is 3.78. The van der Waals surface area contributed by atoms with Crippen molar-refractivity contribution in [2.24, 2.45) is 0 Å². The molecule has 1 fully saturated rings.